The molecule has 1 N–H and O–H groups in total. The lowest BCUT2D eigenvalue weighted by Gasteiger charge is -2.33. The van der Waals surface area contributed by atoms with Gasteiger partial charge in [0.25, 0.3) is 0 Å². The Kier molecular flexibility index (Phi) is 8.50. The van der Waals surface area contributed by atoms with Crippen LogP contribution in [-0.2, 0) is 6.61 Å². The molecule has 0 heterocycles. The van der Waals surface area contributed by atoms with Crippen molar-refractivity contribution in [3.05, 3.63) is 63.7 Å². The second-order valence-electron chi connectivity index (χ2n) is 8.53. The van der Waals surface area contributed by atoms with Gasteiger partial charge in [0.05, 0.1) is 6.61 Å². The highest BCUT2D eigenvalue weighted by Crippen LogP contribution is 2.42. The van der Waals surface area contributed by atoms with E-state index in [1.807, 2.05) is 0 Å². The van der Waals surface area contributed by atoms with Gasteiger partial charge in [-0.3, -0.25) is 4.90 Å². The van der Waals surface area contributed by atoms with Crippen LogP contribution in [0, 0.1) is 20.8 Å². The Morgan fingerprint density at radius 2 is 1.52 bits per heavy atom. The maximum Gasteiger partial charge on any atom is 0.341 e. The normalized spacial score (nSPS) is 12.8. The Bertz CT molecular complexity index is 794. The summed E-state index contributed by atoms with van der Waals surface area (Å²) in [7, 11) is 3.32. The van der Waals surface area contributed by atoms with Crippen LogP contribution in [0.4, 0.5) is 0 Å². The monoisotopic (exact) mass is 410 g/mol. The van der Waals surface area contributed by atoms with Crippen molar-refractivity contribution in [1.82, 2.24) is 4.90 Å². The summed E-state index contributed by atoms with van der Waals surface area (Å²) >= 11 is 0. The third kappa shape index (κ3) is 5.11. The largest absolute Gasteiger partial charge is 0.540 e. The Labute approximate surface area is 180 Å². The number of nitrogens with zero attached hydrogens (tertiary/aromatic N) is 1. The van der Waals surface area contributed by atoms with E-state index in [-0.39, 0.29) is 12.5 Å². The zero-order chi connectivity index (χ0) is 21.7. The molecule has 29 heavy (non-hydrogen) atoms. The van der Waals surface area contributed by atoms with Gasteiger partial charge in [0, 0.05) is 23.6 Å². The molecule has 3 nitrogen and oxygen atoms in total. The van der Waals surface area contributed by atoms with Gasteiger partial charge in [-0.2, -0.15) is 0 Å². The lowest BCUT2D eigenvalue weighted by atomic mass is 9.81. The van der Waals surface area contributed by atoms with E-state index in [0.717, 1.165) is 41.0 Å². The molecule has 4 heteroatoms. The van der Waals surface area contributed by atoms with E-state index in [9.17, 15) is 5.11 Å². The van der Waals surface area contributed by atoms with E-state index in [0.29, 0.717) is 12.1 Å². The van der Waals surface area contributed by atoms with Gasteiger partial charge in [-0.15, -0.1) is 0 Å². The van der Waals surface area contributed by atoms with E-state index in [1.54, 1.807) is 0 Å². The Balaban J connectivity index is 2.62. The van der Waals surface area contributed by atoms with Crippen molar-refractivity contribution in [3.63, 3.8) is 0 Å². The first-order valence-electron chi connectivity index (χ1n) is 10.6. The Hall–Kier alpha value is -1.62. The van der Waals surface area contributed by atoms with E-state index >= 15 is 0 Å². The first kappa shape index (κ1) is 23.7. The van der Waals surface area contributed by atoms with Gasteiger partial charge in [-0.05, 0) is 89.2 Å². The molecule has 0 aliphatic carbocycles. The second-order valence-corrected chi connectivity index (χ2v) is 8.74. The van der Waals surface area contributed by atoms with E-state index < -0.39 is 0 Å². The number of hydrogen-bond acceptors (Lipinski definition) is 3. The summed E-state index contributed by atoms with van der Waals surface area (Å²) in [5, 5.41) is 10.1. The van der Waals surface area contributed by atoms with E-state index in [4.69, 9.17) is 4.43 Å². The minimum absolute atomic E-state index is 0.0408. The highest BCUT2D eigenvalue weighted by Gasteiger charge is 2.26. The maximum absolute atomic E-state index is 10.1. The zero-order valence-electron chi connectivity index (χ0n) is 19.0. The lowest BCUT2D eigenvalue weighted by molar-refractivity contribution is 0.170. The summed E-state index contributed by atoms with van der Waals surface area (Å²) in [5.41, 5.74) is 6.76. The van der Waals surface area contributed by atoms with Crippen molar-refractivity contribution in [3.8, 4) is 5.75 Å². The molecule has 0 aliphatic heterocycles. The van der Waals surface area contributed by atoms with Crippen LogP contribution in [0.3, 0.4) is 0 Å². The van der Waals surface area contributed by atoms with Crippen molar-refractivity contribution in [2.75, 3.05) is 6.54 Å². The van der Waals surface area contributed by atoms with E-state index in [1.165, 1.54) is 11.1 Å². The zero-order valence-corrected chi connectivity index (χ0v) is 20.0. The number of aliphatic hydroxyl groups is 1. The minimum atomic E-state index is 0.0408. The average Bonchev–Trinajstić information content (AvgIpc) is 2.69. The van der Waals surface area contributed by atoms with Crippen molar-refractivity contribution in [2.24, 2.45) is 0 Å². The van der Waals surface area contributed by atoms with Crippen LogP contribution in [0.15, 0.2) is 30.3 Å². The molecule has 1 atom stereocenters. The smallest absolute Gasteiger partial charge is 0.341 e. The predicted molar refractivity (Wildman–Crippen MR) is 123 cm³/mol. The van der Waals surface area contributed by atoms with Gasteiger partial charge in [-0.25, -0.2) is 0 Å². The Morgan fingerprint density at radius 1 is 0.931 bits per heavy atom. The molecule has 0 aromatic heterocycles. The molecule has 0 saturated heterocycles. The molecule has 2 rings (SSSR count). The summed E-state index contributed by atoms with van der Waals surface area (Å²) in [6.07, 6.45) is 0.983. The van der Waals surface area contributed by atoms with Crippen LogP contribution in [0.2, 0.25) is 0 Å². The molecule has 0 amide bonds. The van der Waals surface area contributed by atoms with Gasteiger partial charge >= 0.3 is 10.5 Å². The Morgan fingerprint density at radius 3 is 2.00 bits per heavy atom. The fourth-order valence-corrected chi connectivity index (χ4v) is 4.82. The number of hydrogen-bond donors (Lipinski definition) is 1. The number of aliphatic hydroxyl groups excluding tert-OH is 1. The first-order valence-corrected chi connectivity index (χ1v) is 11.0. The molecule has 2 aromatic rings. The molecular formula is C25H36NO2Si. The topological polar surface area (TPSA) is 32.7 Å². The summed E-state index contributed by atoms with van der Waals surface area (Å²) in [4.78, 5) is 2.54. The van der Waals surface area contributed by atoms with Crippen LogP contribution >= 0.6 is 0 Å². The molecule has 1 unspecified atom stereocenters. The highest BCUT2D eigenvalue weighted by atomic mass is 28.2. The van der Waals surface area contributed by atoms with Crippen molar-refractivity contribution >= 4 is 10.5 Å². The molecule has 0 bridgehead atoms. The lowest BCUT2D eigenvalue weighted by Crippen LogP contribution is -2.38. The average molecular weight is 411 g/mol. The van der Waals surface area contributed by atoms with Gasteiger partial charge in [-0.1, -0.05) is 30.3 Å². The molecule has 2 aromatic carbocycles. The third-order valence-corrected chi connectivity index (χ3v) is 6.47. The minimum Gasteiger partial charge on any atom is -0.540 e. The summed E-state index contributed by atoms with van der Waals surface area (Å²) in [6, 6.07) is 11.6. The number of benzene rings is 2. The van der Waals surface area contributed by atoms with E-state index in [2.05, 4.69) is 94.2 Å². The van der Waals surface area contributed by atoms with Crippen LogP contribution in [0.1, 0.15) is 73.4 Å². The van der Waals surface area contributed by atoms with Gasteiger partial charge < -0.3 is 9.53 Å². The van der Waals surface area contributed by atoms with Crippen LogP contribution < -0.4 is 4.43 Å². The SMILES string of the molecule is Cc1c(C)c(O[Si])c(C(CCN(C(C)C)C(C)C)c2ccccc2)c(C)c1CO. The third-order valence-electron chi connectivity index (χ3n) is 6.27. The predicted octanol–water partition coefficient (Wildman–Crippen LogP) is 5.21. The molecule has 0 aliphatic rings. The van der Waals surface area contributed by atoms with Gasteiger partial charge in [0.1, 0.15) is 5.75 Å². The molecule has 3 radical (unpaired) electrons. The summed E-state index contributed by atoms with van der Waals surface area (Å²) < 4.78 is 5.75. The second kappa shape index (κ2) is 10.4. The quantitative estimate of drug-likeness (QED) is 0.576. The molecule has 0 fully saturated rings. The van der Waals surface area contributed by atoms with Crippen LogP contribution in [0.5, 0.6) is 5.75 Å². The van der Waals surface area contributed by atoms with Crippen LogP contribution in [0.25, 0.3) is 0 Å². The van der Waals surface area contributed by atoms with Crippen LogP contribution in [-0.4, -0.2) is 39.1 Å². The fourth-order valence-electron chi connectivity index (χ4n) is 4.55. The van der Waals surface area contributed by atoms with Crippen molar-refractivity contribution in [1.29, 1.82) is 0 Å². The maximum atomic E-state index is 10.1. The fraction of sp³-hybridized carbons (Fsp3) is 0.520. The van der Waals surface area contributed by atoms with Gasteiger partial charge in [0.2, 0.25) is 0 Å². The number of rotatable bonds is 9. The standard InChI is InChI=1S/C25H36NO2Si/c1-16(2)26(17(3)4)14-13-22(21-11-9-8-10-12-21)24-20(7)23(15-27)18(5)19(6)25(24)28-29/h8-12,16-17,22,27H,13-15H2,1-7H3. The van der Waals surface area contributed by atoms with Crippen molar-refractivity contribution < 1.29 is 9.53 Å². The van der Waals surface area contributed by atoms with Crippen molar-refractivity contribution in [2.45, 2.75) is 79.5 Å². The first-order chi connectivity index (χ1) is 13.7. The molecular weight excluding hydrogens is 374 g/mol. The summed E-state index contributed by atoms with van der Waals surface area (Å²) in [6.45, 7) is 16.3. The molecule has 157 valence electrons. The molecule has 0 spiro atoms. The highest BCUT2D eigenvalue weighted by molar-refractivity contribution is 6.00. The summed E-state index contributed by atoms with van der Waals surface area (Å²) in [5.74, 6) is 1.07. The molecule has 0 saturated carbocycles. The van der Waals surface area contributed by atoms with Gasteiger partial charge in [0.15, 0.2) is 0 Å².